The lowest BCUT2D eigenvalue weighted by molar-refractivity contribution is -0.114. The molecule has 0 atom stereocenters. The van der Waals surface area contributed by atoms with E-state index >= 15 is 0 Å². The summed E-state index contributed by atoms with van der Waals surface area (Å²) >= 11 is 0. The van der Waals surface area contributed by atoms with Crippen molar-refractivity contribution in [3.8, 4) is 5.75 Å². The quantitative estimate of drug-likeness (QED) is 0.736. The van der Waals surface area contributed by atoms with Crippen molar-refractivity contribution in [3.05, 3.63) is 24.3 Å². The molecule has 0 saturated carbocycles. The lowest BCUT2D eigenvalue weighted by Gasteiger charge is -2.09. The van der Waals surface area contributed by atoms with Crippen LogP contribution in [-0.2, 0) is 4.79 Å². The first-order chi connectivity index (χ1) is 6.77. The number of para-hydroxylation sites is 2. The van der Waals surface area contributed by atoms with Gasteiger partial charge in [-0.05, 0) is 18.5 Å². The molecular weight excluding hydrogens is 184 g/mol. The summed E-state index contributed by atoms with van der Waals surface area (Å²) < 4.78 is 16.6. The molecule has 0 heterocycles. The van der Waals surface area contributed by atoms with Crippen LogP contribution in [0.5, 0.6) is 5.75 Å². The normalized spacial score (nSPS) is 9.50. The molecule has 0 aliphatic rings. The zero-order valence-corrected chi connectivity index (χ0v) is 7.50. The zero-order valence-electron chi connectivity index (χ0n) is 7.50. The molecule has 5 heteroatoms. The summed E-state index contributed by atoms with van der Waals surface area (Å²) in [6.07, 6.45) is -0.121. The highest BCUT2D eigenvalue weighted by atomic mass is 19.1. The zero-order chi connectivity index (χ0) is 10.4. The Morgan fingerprint density at radius 2 is 2.21 bits per heavy atom. The Bertz CT molecular complexity index is 319. The van der Waals surface area contributed by atoms with Crippen LogP contribution in [0.1, 0.15) is 0 Å². The molecular formula is C9H9BFNO2. The van der Waals surface area contributed by atoms with Crippen molar-refractivity contribution in [1.82, 2.24) is 0 Å². The molecule has 1 aromatic rings. The van der Waals surface area contributed by atoms with Crippen molar-refractivity contribution in [2.75, 3.05) is 12.2 Å². The van der Waals surface area contributed by atoms with Gasteiger partial charge in [-0.3, -0.25) is 4.79 Å². The summed E-state index contributed by atoms with van der Waals surface area (Å²) in [5.41, 5.74) is 0.417. The van der Waals surface area contributed by atoms with Crippen LogP contribution in [-0.4, -0.2) is 20.6 Å². The van der Waals surface area contributed by atoms with Gasteiger partial charge in [0, 0.05) is 0 Å². The maximum absolute atomic E-state index is 11.9. The van der Waals surface area contributed by atoms with Gasteiger partial charge in [0.05, 0.1) is 13.5 Å². The van der Waals surface area contributed by atoms with E-state index in [2.05, 4.69) is 10.1 Å². The van der Waals surface area contributed by atoms with E-state index in [1.54, 1.807) is 24.3 Å². The second-order valence-electron chi connectivity index (χ2n) is 2.50. The van der Waals surface area contributed by atoms with Crippen LogP contribution in [0.2, 0.25) is 6.32 Å². The van der Waals surface area contributed by atoms with Gasteiger partial charge in [0.15, 0.2) is 0 Å². The van der Waals surface area contributed by atoms with E-state index in [1.807, 2.05) is 0 Å². The maximum Gasteiger partial charge on any atom is 0.228 e. The molecule has 1 rings (SSSR count). The van der Waals surface area contributed by atoms with E-state index in [4.69, 9.17) is 7.85 Å². The average Bonchev–Trinajstić information content (AvgIpc) is 2.21. The lowest BCUT2D eigenvalue weighted by atomic mass is 10.0. The Morgan fingerprint density at radius 3 is 2.86 bits per heavy atom. The largest absolute Gasteiger partial charge is 0.461 e. The third-order valence-corrected chi connectivity index (χ3v) is 1.56. The third-order valence-electron chi connectivity index (χ3n) is 1.56. The molecule has 72 valence electrons. The van der Waals surface area contributed by atoms with E-state index in [9.17, 15) is 9.18 Å². The Hall–Kier alpha value is -1.52. The number of carbonyl (C=O) groups excluding carboxylic acids is 1. The molecule has 14 heavy (non-hydrogen) atoms. The molecule has 1 amide bonds. The number of amides is 1. The Labute approximate surface area is 82.7 Å². The number of rotatable bonds is 4. The predicted molar refractivity (Wildman–Crippen MR) is 52.2 cm³/mol. The molecule has 0 unspecified atom stereocenters. The smallest absolute Gasteiger partial charge is 0.228 e. The monoisotopic (exact) mass is 193 g/mol. The highest BCUT2D eigenvalue weighted by Gasteiger charge is 2.04. The molecule has 3 nitrogen and oxygen atoms in total. The van der Waals surface area contributed by atoms with Crippen molar-refractivity contribution >= 4 is 19.4 Å². The highest BCUT2D eigenvalue weighted by Crippen LogP contribution is 2.23. The summed E-state index contributed by atoms with van der Waals surface area (Å²) in [5.74, 6) is -0.0586. The second kappa shape index (κ2) is 5.27. The van der Waals surface area contributed by atoms with Crippen LogP contribution in [0, 0.1) is 0 Å². The topological polar surface area (TPSA) is 38.3 Å². The molecule has 0 aliphatic carbocycles. The summed E-state index contributed by atoms with van der Waals surface area (Å²) in [7, 11) is 5.12. The van der Waals surface area contributed by atoms with Crippen molar-refractivity contribution in [3.63, 3.8) is 0 Å². The molecule has 0 spiro atoms. The van der Waals surface area contributed by atoms with E-state index in [0.717, 1.165) is 0 Å². The minimum absolute atomic E-state index is 0.121. The SMILES string of the molecule is [B]CC(=O)Nc1ccccc1OCF. The van der Waals surface area contributed by atoms with Gasteiger partial charge in [-0.25, -0.2) is 4.39 Å². The molecule has 0 saturated heterocycles. The summed E-state index contributed by atoms with van der Waals surface area (Å²) in [4.78, 5) is 11.0. The first-order valence-electron chi connectivity index (χ1n) is 4.05. The summed E-state index contributed by atoms with van der Waals surface area (Å²) in [6, 6.07) is 6.56. The third kappa shape index (κ3) is 2.76. The highest BCUT2D eigenvalue weighted by molar-refractivity contribution is 6.22. The first-order valence-corrected chi connectivity index (χ1v) is 4.05. The van der Waals surface area contributed by atoms with Crippen molar-refractivity contribution in [2.24, 2.45) is 0 Å². The number of benzene rings is 1. The maximum atomic E-state index is 11.9. The van der Waals surface area contributed by atoms with Gasteiger partial charge in [0.1, 0.15) is 5.75 Å². The van der Waals surface area contributed by atoms with Crippen LogP contribution in [0.4, 0.5) is 10.1 Å². The molecule has 2 radical (unpaired) electrons. The molecule has 0 bridgehead atoms. The summed E-state index contributed by atoms with van der Waals surface area (Å²) in [6.45, 7) is -0.935. The second-order valence-corrected chi connectivity index (χ2v) is 2.50. The minimum Gasteiger partial charge on any atom is -0.461 e. The standard InChI is InChI=1S/C9H9BFNO2/c10-5-9(13)12-7-3-1-2-4-8(7)14-6-11/h1-4H,5-6H2,(H,12,13). The van der Waals surface area contributed by atoms with E-state index < -0.39 is 6.86 Å². The van der Waals surface area contributed by atoms with Crippen LogP contribution in [0.15, 0.2) is 24.3 Å². The fourth-order valence-corrected chi connectivity index (χ4v) is 0.956. The van der Waals surface area contributed by atoms with Gasteiger partial charge in [0.25, 0.3) is 0 Å². The molecule has 1 N–H and O–H groups in total. The van der Waals surface area contributed by atoms with E-state index in [0.29, 0.717) is 5.69 Å². The van der Waals surface area contributed by atoms with Crippen LogP contribution >= 0.6 is 0 Å². The number of hydrogen-bond donors (Lipinski definition) is 1. The number of ether oxygens (including phenoxy) is 1. The van der Waals surface area contributed by atoms with Gasteiger partial charge in [-0.15, -0.1) is 0 Å². The first kappa shape index (κ1) is 10.6. The van der Waals surface area contributed by atoms with Gasteiger partial charge in [0.2, 0.25) is 12.8 Å². The molecule has 0 aliphatic heterocycles. The van der Waals surface area contributed by atoms with Crippen molar-refractivity contribution < 1.29 is 13.9 Å². The predicted octanol–water partition coefficient (Wildman–Crippen LogP) is 1.52. The van der Waals surface area contributed by atoms with E-state index in [-0.39, 0.29) is 18.0 Å². The van der Waals surface area contributed by atoms with Crippen molar-refractivity contribution in [1.29, 1.82) is 0 Å². The van der Waals surface area contributed by atoms with Gasteiger partial charge < -0.3 is 10.1 Å². The number of alkyl halides is 1. The fraction of sp³-hybridized carbons (Fsp3) is 0.222. The number of hydrogen-bond acceptors (Lipinski definition) is 2. The molecule has 1 aromatic carbocycles. The molecule has 0 fully saturated rings. The average molecular weight is 193 g/mol. The number of nitrogens with one attached hydrogen (secondary N) is 1. The van der Waals surface area contributed by atoms with Gasteiger partial charge >= 0.3 is 0 Å². The Balaban J connectivity index is 2.78. The number of halogens is 1. The lowest BCUT2D eigenvalue weighted by Crippen LogP contribution is -2.11. The van der Waals surface area contributed by atoms with Gasteiger partial charge in [-0.2, -0.15) is 0 Å². The number of carbonyl (C=O) groups is 1. The van der Waals surface area contributed by atoms with Crippen molar-refractivity contribution in [2.45, 2.75) is 6.32 Å². The van der Waals surface area contributed by atoms with Crippen LogP contribution < -0.4 is 10.1 Å². The van der Waals surface area contributed by atoms with Crippen LogP contribution in [0.3, 0.4) is 0 Å². The fourth-order valence-electron chi connectivity index (χ4n) is 0.956. The Kier molecular flexibility index (Phi) is 3.97. The minimum atomic E-state index is -0.935. The molecule has 0 aromatic heterocycles. The summed E-state index contributed by atoms with van der Waals surface area (Å²) in [5, 5.41) is 2.49. The van der Waals surface area contributed by atoms with Crippen LogP contribution in [0.25, 0.3) is 0 Å². The Morgan fingerprint density at radius 1 is 1.50 bits per heavy atom. The van der Waals surface area contributed by atoms with Gasteiger partial charge in [-0.1, -0.05) is 12.1 Å². The van der Waals surface area contributed by atoms with E-state index in [1.165, 1.54) is 0 Å². The number of anilines is 1.